The van der Waals surface area contributed by atoms with Crippen LogP contribution < -0.4 is 9.64 Å². The van der Waals surface area contributed by atoms with Crippen LogP contribution in [0.2, 0.25) is 0 Å². The highest BCUT2D eigenvalue weighted by Gasteiger charge is 2.43. The van der Waals surface area contributed by atoms with Crippen molar-refractivity contribution in [3.05, 3.63) is 99.7 Å². The molecule has 3 aromatic carbocycles. The van der Waals surface area contributed by atoms with Crippen LogP contribution in [0.5, 0.6) is 5.75 Å². The predicted molar refractivity (Wildman–Crippen MR) is 140 cm³/mol. The molecular weight excluding hydrogens is 522 g/mol. The molecule has 1 N–H and O–H groups in total. The number of ether oxygens (including phenoxy) is 2. The zero-order chi connectivity index (χ0) is 25.2. The van der Waals surface area contributed by atoms with E-state index in [9.17, 15) is 9.59 Å². The lowest BCUT2D eigenvalue weighted by atomic mass is 9.96. The van der Waals surface area contributed by atoms with Crippen molar-refractivity contribution in [1.82, 2.24) is 10.2 Å². The van der Waals surface area contributed by atoms with Gasteiger partial charge in [0.1, 0.15) is 11.4 Å². The molecule has 1 amide bonds. The number of hydrogen-bond donors (Lipinski definition) is 1. The number of fused-ring (bicyclic) bond motifs is 1. The molecule has 1 atom stereocenters. The van der Waals surface area contributed by atoms with Gasteiger partial charge in [-0.25, -0.2) is 4.79 Å². The summed E-state index contributed by atoms with van der Waals surface area (Å²) in [4.78, 5) is 27.6. The van der Waals surface area contributed by atoms with Crippen LogP contribution in [-0.4, -0.2) is 35.3 Å². The SMILES string of the molecule is CCOC(=O)c1ccc(N2C(=O)c3[nH]nc(-c4ccc(OCC)cc4)c3[C@H]2c2cccc(Br)c2)cc1. The van der Waals surface area contributed by atoms with Crippen LogP contribution in [0.1, 0.15) is 51.9 Å². The van der Waals surface area contributed by atoms with Gasteiger partial charge in [0.2, 0.25) is 0 Å². The van der Waals surface area contributed by atoms with Gasteiger partial charge in [-0.15, -0.1) is 0 Å². The lowest BCUT2D eigenvalue weighted by Crippen LogP contribution is -2.29. The largest absolute Gasteiger partial charge is 0.494 e. The molecule has 0 spiro atoms. The third kappa shape index (κ3) is 4.28. The van der Waals surface area contributed by atoms with E-state index in [1.807, 2.05) is 55.5 Å². The maximum absolute atomic E-state index is 13.7. The minimum Gasteiger partial charge on any atom is -0.494 e. The van der Waals surface area contributed by atoms with Crippen molar-refractivity contribution in [2.75, 3.05) is 18.1 Å². The summed E-state index contributed by atoms with van der Waals surface area (Å²) >= 11 is 3.57. The molecule has 0 aliphatic carbocycles. The summed E-state index contributed by atoms with van der Waals surface area (Å²) in [6.45, 7) is 4.59. The maximum atomic E-state index is 13.7. The molecule has 4 aromatic rings. The Morgan fingerprint density at radius 1 is 1.03 bits per heavy atom. The number of esters is 1. The number of nitrogens with one attached hydrogen (secondary N) is 1. The summed E-state index contributed by atoms with van der Waals surface area (Å²) in [5, 5.41) is 7.51. The van der Waals surface area contributed by atoms with Crippen molar-refractivity contribution in [2.24, 2.45) is 0 Å². The van der Waals surface area contributed by atoms with Crippen molar-refractivity contribution in [3.63, 3.8) is 0 Å². The topological polar surface area (TPSA) is 84.5 Å². The minimum absolute atomic E-state index is 0.191. The van der Waals surface area contributed by atoms with Crippen LogP contribution in [0.4, 0.5) is 5.69 Å². The number of nitrogens with zero attached hydrogens (tertiary/aromatic N) is 2. The molecule has 5 rings (SSSR count). The van der Waals surface area contributed by atoms with Gasteiger partial charge in [0.15, 0.2) is 0 Å². The first-order valence-corrected chi connectivity index (χ1v) is 12.5. The first kappa shape index (κ1) is 23.8. The van der Waals surface area contributed by atoms with E-state index in [1.54, 1.807) is 36.1 Å². The van der Waals surface area contributed by atoms with Gasteiger partial charge in [-0.2, -0.15) is 5.10 Å². The molecule has 0 unspecified atom stereocenters. The highest BCUT2D eigenvalue weighted by Crippen LogP contribution is 2.45. The Balaban J connectivity index is 1.60. The molecular formula is C28H24BrN3O4. The number of H-pyrrole nitrogens is 1. The molecule has 1 aliphatic rings. The second-order valence-electron chi connectivity index (χ2n) is 8.22. The predicted octanol–water partition coefficient (Wildman–Crippen LogP) is 6.16. The van der Waals surface area contributed by atoms with E-state index in [0.717, 1.165) is 26.9 Å². The monoisotopic (exact) mass is 545 g/mol. The van der Waals surface area contributed by atoms with Crippen molar-refractivity contribution in [3.8, 4) is 17.0 Å². The second-order valence-corrected chi connectivity index (χ2v) is 9.13. The summed E-state index contributed by atoms with van der Waals surface area (Å²) < 4.78 is 11.6. The van der Waals surface area contributed by atoms with Crippen molar-refractivity contribution in [1.29, 1.82) is 0 Å². The van der Waals surface area contributed by atoms with E-state index in [4.69, 9.17) is 9.47 Å². The van der Waals surface area contributed by atoms with Crippen LogP contribution in [0.25, 0.3) is 11.3 Å². The smallest absolute Gasteiger partial charge is 0.338 e. The van der Waals surface area contributed by atoms with Crippen LogP contribution in [-0.2, 0) is 4.74 Å². The summed E-state index contributed by atoms with van der Waals surface area (Å²) in [5.74, 6) is 0.187. The molecule has 8 heteroatoms. The Morgan fingerprint density at radius 2 is 1.78 bits per heavy atom. The van der Waals surface area contributed by atoms with E-state index >= 15 is 0 Å². The van der Waals surface area contributed by atoms with E-state index < -0.39 is 12.0 Å². The van der Waals surface area contributed by atoms with Gasteiger partial charge in [-0.3, -0.25) is 14.8 Å². The van der Waals surface area contributed by atoms with Gasteiger partial charge >= 0.3 is 5.97 Å². The first-order chi connectivity index (χ1) is 17.5. The quantitative estimate of drug-likeness (QED) is 0.281. The number of amides is 1. The Labute approximate surface area is 217 Å². The van der Waals surface area contributed by atoms with Crippen molar-refractivity contribution >= 4 is 33.5 Å². The fourth-order valence-electron chi connectivity index (χ4n) is 4.47. The number of aromatic nitrogens is 2. The summed E-state index contributed by atoms with van der Waals surface area (Å²) in [6, 6.07) is 22.1. The number of hydrogen-bond acceptors (Lipinski definition) is 5. The van der Waals surface area contributed by atoms with Crippen LogP contribution in [0.3, 0.4) is 0 Å². The molecule has 0 saturated heterocycles. The standard InChI is InChI=1S/C28H24BrN3O4/c1-3-35-22-14-10-17(11-15-22)24-23-25(31-30-24)27(33)32(26(23)19-6-5-7-20(29)16-19)21-12-8-18(9-13-21)28(34)36-4-2/h5-16,26H,3-4H2,1-2H3,(H,30,31)/t26-/m1/s1. The zero-order valence-corrected chi connectivity index (χ0v) is 21.4. The van der Waals surface area contributed by atoms with Crippen LogP contribution in [0, 0.1) is 0 Å². The normalized spacial score (nSPS) is 14.6. The Morgan fingerprint density at radius 3 is 2.44 bits per heavy atom. The highest BCUT2D eigenvalue weighted by atomic mass is 79.9. The molecule has 0 bridgehead atoms. The number of benzene rings is 3. The molecule has 1 aromatic heterocycles. The van der Waals surface area contributed by atoms with E-state index in [-0.39, 0.29) is 5.91 Å². The second kappa shape index (κ2) is 9.99. The molecule has 0 saturated carbocycles. The van der Waals surface area contributed by atoms with Crippen molar-refractivity contribution < 1.29 is 19.1 Å². The number of carbonyl (C=O) groups excluding carboxylic acids is 2. The summed E-state index contributed by atoms with van der Waals surface area (Å²) in [6.07, 6.45) is 0. The molecule has 7 nitrogen and oxygen atoms in total. The third-order valence-corrected chi connectivity index (χ3v) is 6.52. The number of aromatic amines is 1. The lowest BCUT2D eigenvalue weighted by Gasteiger charge is -2.27. The highest BCUT2D eigenvalue weighted by molar-refractivity contribution is 9.10. The first-order valence-electron chi connectivity index (χ1n) is 11.7. The third-order valence-electron chi connectivity index (χ3n) is 6.03. The fraction of sp³-hybridized carbons (Fsp3) is 0.179. The van der Waals surface area contributed by atoms with Gasteiger partial charge in [-0.05, 0) is 80.1 Å². The van der Waals surface area contributed by atoms with Gasteiger partial charge in [0.25, 0.3) is 5.91 Å². The average molecular weight is 546 g/mol. The fourth-order valence-corrected chi connectivity index (χ4v) is 4.89. The van der Waals surface area contributed by atoms with Gasteiger partial charge < -0.3 is 9.47 Å². The lowest BCUT2D eigenvalue weighted by molar-refractivity contribution is 0.0526. The number of halogens is 1. The van der Waals surface area contributed by atoms with Gasteiger partial charge in [0, 0.05) is 21.3 Å². The van der Waals surface area contributed by atoms with E-state index in [2.05, 4.69) is 26.1 Å². The average Bonchev–Trinajstić information content (AvgIpc) is 3.44. The molecule has 36 heavy (non-hydrogen) atoms. The van der Waals surface area contributed by atoms with Crippen molar-refractivity contribution in [2.45, 2.75) is 19.9 Å². The number of carbonyl (C=O) groups is 2. The Bertz CT molecular complexity index is 1410. The van der Waals surface area contributed by atoms with Crippen LogP contribution >= 0.6 is 15.9 Å². The Kier molecular flexibility index (Phi) is 6.61. The molecule has 182 valence electrons. The van der Waals surface area contributed by atoms with Gasteiger partial charge in [0.05, 0.1) is 30.5 Å². The van der Waals surface area contributed by atoms with Crippen LogP contribution in [0.15, 0.2) is 77.3 Å². The van der Waals surface area contributed by atoms with E-state index in [1.165, 1.54) is 0 Å². The molecule has 0 radical (unpaired) electrons. The minimum atomic E-state index is -0.418. The molecule has 1 aliphatic heterocycles. The summed E-state index contributed by atoms with van der Waals surface area (Å²) in [5.41, 5.74) is 4.86. The Hall–Kier alpha value is -3.91. The molecule has 0 fully saturated rings. The molecule has 2 heterocycles. The summed E-state index contributed by atoms with van der Waals surface area (Å²) in [7, 11) is 0. The number of anilines is 1. The number of rotatable bonds is 7. The maximum Gasteiger partial charge on any atom is 0.338 e. The van der Waals surface area contributed by atoms with Gasteiger partial charge in [-0.1, -0.05) is 28.1 Å². The van der Waals surface area contributed by atoms with E-state index in [0.29, 0.717) is 35.9 Å². The zero-order valence-electron chi connectivity index (χ0n) is 19.8.